The topological polar surface area (TPSA) is 141 Å². The molecule has 4 heterocycles. The van der Waals surface area contributed by atoms with Gasteiger partial charge in [-0.15, -0.1) is 16.4 Å². The largest absolute Gasteiger partial charge is 0.497 e. The van der Waals surface area contributed by atoms with Gasteiger partial charge < -0.3 is 25.0 Å². The molecule has 2 aromatic carbocycles. The second-order valence-electron chi connectivity index (χ2n) is 13.3. The summed E-state index contributed by atoms with van der Waals surface area (Å²) in [6.07, 6.45) is 10.8. The lowest BCUT2D eigenvalue weighted by Crippen LogP contribution is -2.55. The van der Waals surface area contributed by atoms with Gasteiger partial charge in [0.25, 0.3) is 0 Å². The Morgan fingerprint density at radius 3 is 2.61 bits per heavy atom. The summed E-state index contributed by atoms with van der Waals surface area (Å²) in [5, 5.41) is 19.1. The molecule has 7 rings (SSSR count). The molecule has 4 aromatic rings. The molecule has 2 N–H and O–H groups in total. The Hall–Kier alpha value is -5.04. The molecule has 2 amide bonds. The Morgan fingerprint density at radius 2 is 1.86 bits per heavy atom. The van der Waals surface area contributed by atoms with Gasteiger partial charge in [-0.2, -0.15) is 9.90 Å². The summed E-state index contributed by atoms with van der Waals surface area (Å²) in [5.41, 5.74) is 1.78. The van der Waals surface area contributed by atoms with Gasteiger partial charge in [0.15, 0.2) is 0 Å². The van der Waals surface area contributed by atoms with Crippen molar-refractivity contribution in [1.82, 2.24) is 30.2 Å². The number of amides is 2. The zero-order valence-corrected chi connectivity index (χ0v) is 29.7. The van der Waals surface area contributed by atoms with Gasteiger partial charge in [-0.25, -0.2) is 9.78 Å². The molecule has 266 valence electrons. The predicted octanol–water partition coefficient (Wildman–Crippen LogP) is 5.66. The van der Waals surface area contributed by atoms with Crippen LogP contribution in [0.3, 0.4) is 0 Å². The number of thiazole rings is 1. The first-order chi connectivity index (χ1) is 24.9. The van der Waals surface area contributed by atoms with Crippen LogP contribution in [-0.4, -0.2) is 80.5 Å². The number of esters is 1. The molecular formula is C38H43N7O5S. The first-order valence-corrected chi connectivity index (χ1v) is 18.6. The third kappa shape index (κ3) is 7.25. The van der Waals surface area contributed by atoms with Gasteiger partial charge in [0.1, 0.15) is 39.8 Å². The second-order valence-corrected chi connectivity index (χ2v) is 14.2. The highest BCUT2D eigenvalue weighted by Crippen LogP contribution is 2.46. The highest BCUT2D eigenvalue weighted by molar-refractivity contribution is 7.13. The Morgan fingerprint density at radius 1 is 1.06 bits per heavy atom. The molecule has 13 heteroatoms. The first kappa shape index (κ1) is 34.4. The van der Waals surface area contributed by atoms with Gasteiger partial charge in [-0.1, -0.05) is 43.2 Å². The van der Waals surface area contributed by atoms with E-state index in [2.05, 4.69) is 21.7 Å². The van der Waals surface area contributed by atoms with Crippen LogP contribution in [0.2, 0.25) is 0 Å². The lowest BCUT2D eigenvalue weighted by Gasteiger charge is -2.30. The molecule has 1 aliphatic carbocycles. The fraction of sp³-hybridized carbons (Fsp3) is 0.421. The van der Waals surface area contributed by atoms with Gasteiger partial charge in [0.05, 0.1) is 19.8 Å². The van der Waals surface area contributed by atoms with E-state index in [1.54, 1.807) is 29.9 Å². The monoisotopic (exact) mass is 709 g/mol. The van der Waals surface area contributed by atoms with Gasteiger partial charge >= 0.3 is 5.97 Å². The quantitative estimate of drug-likeness (QED) is 0.175. The number of carbonyl (C=O) groups excluding carboxylic acids is 3. The lowest BCUT2D eigenvalue weighted by atomic mass is 10.0. The molecule has 2 aromatic heterocycles. The fourth-order valence-corrected chi connectivity index (χ4v) is 7.76. The van der Waals surface area contributed by atoms with E-state index in [1.807, 2.05) is 66.1 Å². The summed E-state index contributed by atoms with van der Waals surface area (Å²) >= 11 is 1.46. The highest BCUT2D eigenvalue weighted by Gasteiger charge is 2.62. The van der Waals surface area contributed by atoms with Gasteiger partial charge in [-0.3, -0.25) is 9.59 Å². The first-order valence-electron chi connectivity index (χ1n) is 17.7. The number of benzene rings is 2. The van der Waals surface area contributed by atoms with Crippen LogP contribution in [0.25, 0.3) is 22.0 Å². The van der Waals surface area contributed by atoms with E-state index >= 15 is 0 Å². The summed E-state index contributed by atoms with van der Waals surface area (Å²) in [5.74, 6) is -0.445. The Kier molecular flexibility index (Phi) is 10.2. The summed E-state index contributed by atoms with van der Waals surface area (Å²) in [7, 11) is 1.62. The Labute approximate surface area is 301 Å². The summed E-state index contributed by atoms with van der Waals surface area (Å²) in [6, 6.07) is 15.4. The minimum atomic E-state index is -1.15. The maximum absolute atomic E-state index is 14.6. The van der Waals surface area contributed by atoms with E-state index in [-0.39, 0.29) is 37.3 Å². The number of hydrogen-bond donors (Lipinski definition) is 2. The molecule has 12 nitrogen and oxygen atoms in total. The number of rotatable bonds is 8. The second kappa shape index (κ2) is 15.1. The van der Waals surface area contributed by atoms with Crippen LogP contribution < -0.4 is 15.4 Å². The van der Waals surface area contributed by atoms with Crippen molar-refractivity contribution in [2.75, 3.05) is 25.6 Å². The molecule has 0 spiro atoms. The van der Waals surface area contributed by atoms with Crippen molar-refractivity contribution >= 4 is 34.8 Å². The number of para-hydroxylation sites is 1. The SMILES string of the molecule is CCOC(=O)[C@@]12C[C@H]1/C=C\CCCCC[C@H](Nc1ccccc1)C(=O)N1C[C@H](n3nc(-c4ccc(OC)cc4)c(-c4nccs4)n3)C[C@H]1C(=O)N2. The van der Waals surface area contributed by atoms with Crippen LogP contribution in [-0.2, 0) is 19.1 Å². The molecule has 0 unspecified atom stereocenters. The Bertz CT molecular complexity index is 1860. The van der Waals surface area contributed by atoms with Crippen molar-refractivity contribution < 1.29 is 23.9 Å². The number of nitrogens with zero attached hydrogens (tertiary/aromatic N) is 5. The molecule has 51 heavy (non-hydrogen) atoms. The van der Waals surface area contributed by atoms with Crippen LogP contribution in [0.1, 0.15) is 57.9 Å². The van der Waals surface area contributed by atoms with Gasteiger partial charge in [0.2, 0.25) is 11.8 Å². The molecule has 0 bridgehead atoms. The number of hydrogen-bond acceptors (Lipinski definition) is 10. The smallest absolute Gasteiger partial charge is 0.332 e. The van der Waals surface area contributed by atoms with Crippen LogP contribution in [0.5, 0.6) is 5.75 Å². The number of fused-ring (bicyclic) bond motifs is 2. The normalized spacial score (nSPS) is 25.8. The molecule has 2 aliphatic heterocycles. The zero-order valence-electron chi connectivity index (χ0n) is 28.9. The summed E-state index contributed by atoms with van der Waals surface area (Å²) in [6.45, 7) is 2.18. The van der Waals surface area contributed by atoms with Crippen molar-refractivity contribution in [3.05, 3.63) is 78.3 Å². The van der Waals surface area contributed by atoms with Crippen LogP contribution >= 0.6 is 11.3 Å². The average Bonchev–Trinajstić information content (AvgIpc) is 3.61. The standard InChI is InChI=1S/C38H43N7O5S/c1-3-50-37(48)38-23-26(38)12-8-5-4-6-11-15-30(40-27-13-9-7-10-14-27)36(47)44-24-28(22-31(44)34(46)41-38)45-42-32(25-16-18-29(49-2)19-17-25)33(43-45)35-39-20-21-51-35/h7-10,12-14,16-21,26,28,30-31,40H,3-6,11,15,22-24H2,1-2H3,(H,41,46)/b12-8-/t26-,28-,30+,31+,38-/m1/s1. The number of anilines is 1. The fourth-order valence-electron chi connectivity index (χ4n) is 7.14. The van der Waals surface area contributed by atoms with Crippen molar-refractivity contribution in [3.8, 4) is 27.7 Å². The lowest BCUT2D eigenvalue weighted by molar-refractivity contribution is -0.150. The number of ether oxygens (including phenoxy) is 2. The van der Waals surface area contributed by atoms with Crippen molar-refractivity contribution in [1.29, 1.82) is 0 Å². The van der Waals surface area contributed by atoms with E-state index in [4.69, 9.17) is 19.7 Å². The van der Waals surface area contributed by atoms with Crippen molar-refractivity contribution in [3.63, 3.8) is 0 Å². The number of aromatic nitrogens is 4. The van der Waals surface area contributed by atoms with Crippen LogP contribution in [0.4, 0.5) is 5.69 Å². The minimum Gasteiger partial charge on any atom is -0.497 e. The average molecular weight is 710 g/mol. The zero-order chi connectivity index (χ0) is 35.4. The van der Waals surface area contributed by atoms with E-state index in [9.17, 15) is 14.4 Å². The molecule has 3 aliphatic rings. The van der Waals surface area contributed by atoms with Gasteiger partial charge in [0, 0.05) is 41.7 Å². The summed E-state index contributed by atoms with van der Waals surface area (Å²) in [4.78, 5) is 50.2. The van der Waals surface area contributed by atoms with E-state index in [1.165, 1.54) is 11.3 Å². The highest BCUT2D eigenvalue weighted by atomic mass is 32.1. The van der Waals surface area contributed by atoms with Gasteiger partial charge in [-0.05, 0) is 69.0 Å². The van der Waals surface area contributed by atoms with Crippen molar-refractivity contribution in [2.45, 2.75) is 75.5 Å². The van der Waals surface area contributed by atoms with E-state index in [0.717, 1.165) is 42.7 Å². The molecule has 0 radical (unpaired) electrons. The molecule has 2 fully saturated rings. The molecular weight excluding hydrogens is 667 g/mol. The van der Waals surface area contributed by atoms with Crippen molar-refractivity contribution in [2.24, 2.45) is 5.92 Å². The molecule has 1 saturated heterocycles. The van der Waals surface area contributed by atoms with E-state index < -0.39 is 29.6 Å². The minimum absolute atomic E-state index is 0.167. The van der Waals surface area contributed by atoms with Crippen LogP contribution in [0, 0.1) is 5.92 Å². The third-order valence-electron chi connectivity index (χ3n) is 9.96. The maximum Gasteiger partial charge on any atom is 0.332 e. The maximum atomic E-state index is 14.6. The number of carbonyl (C=O) groups is 3. The van der Waals surface area contributed by atoms with E-state index in [0.29, 0.717) is 29.2 Å². The number of nitrogens with one attached hydrogen (secondary N) is 2. The predicted molar refractivity (Wildman–Crippen MR) is 194 cm³/mol. The number of allylic oxidation sites excluding steroid dienone is 1. The third-order valence-corrected chi connectivity index (χ3v) is 10.7. The summed E-state index contributed by atoms with van der Waals surface area (Å²) < 4.78 is 10.8. The Balaban J connectivity index is 1.25. The molecule has 1 saturated carbocycles. The number of methoxy groups -OCH3 is 1. The molecule has 5 atom stereocenters. The van der Waals surface area contributed by atoms with Crippen LogP contribution in [0.15, 0.2) is 78.3 Å².